The van der Waals surface area contributed by atoms with Crippen LogP contribution in [0, 0.1) is 0 Å². The molecule has 0 aliphatic rings. The summed E-state index contributed by atoms with van der Waals surface area (Å²) >= 11 is 5.94. The number of amides is 2. The number of carbonyl (C=O) groups is 1. The van der Waals surface area contributed by atoms with Gasteiger partial charge in [-0.1, -0.05) is 23.7 Å². The number of rotatable bonds is 4. The summed E-state index contributed by atoms with van der Waals surface area (Å²) in [6, 6.07) is 12.6. The number of hydrogen-bond acceptors (Lipinski definition) is 3. The van der Waals surface area contributed by atoms with E-state index < -0.39 is 0 Å². The minimum Gasteiger partial charge on any atom is -0.331 e. The molecule has 2 aromatic heterocycles. The number of nitrogens with one attached hydrogen (secondary N) is 2. The van der Waals surface area contributed by atoms with E-state index >= 15 is 0 Å². The molecule has 3 rings (SSSR count). The van der Waals surface area contributed by atoms with Crippen LogP contribution in [-0.2, 0) is 0 Å². The van der Waals surface area contributed by atoms with Crippen LogP contribution in [0.5, 0.6) is 0 Å². The van der Waals surface area contributed by atoms with Crippen LogP contribution >= 0.6 is 11.6 Å². The second kappa shape index (κ2) is 7.14. The number of hydrogen-bond donors (Lipinski definition) is 2. The lowest BCUT2D eigenvalue weighted by Crippen LogP contribution is -2.31. The zero-order valence-electron chi connectivity index (χ0n) is 13.0. The fourth-order valence-electron chi connectivity index (χ4n) is 2.28. The maximum absolute atomic E-state index is 12.1. The highest BCUT2D eigenvalue weighted by Gasteiger charge is 2.12. The predicted octanol–water partition coefficient (Wildman–Crippen LogP) is 3.80. The molecule has 2 N–H and O–H groups in total. The molecule has 0 aliphatic heterocycles. The molecule has 0 saturated carbocycles. The molecule has 1 aromatic carbocycles. The highest BCUT2D eigenvalue weighted by molar-refractivity contribution is 6.32. The summed E-state index contributed by atoms with van der Waals surface area (Å²) in [4.78, 5) is 16.1. The van der Waals surface area contributed by atoms with Crippen molar-refractivity contribution in [3.8, 4) is 5.69 Å². The molecule has 7 heteroatoms. The molecule has 1 atom stereocenters. The zero-order valence-corrected chi connectivity index (χ0v) is 13.7. The highest BCUT2D eigenvalue weighted by Crippen LogP contribution is 2.19. The molecule has 122 valence electrons. The van der Waals surface area contributed by atoms with Gasteiger partial charge in [-0.3, -0.25) is 0 Å². The highest BCUT2D eigenvalue weighted by atomic mass is 35.5. The Morgan fingerprint density at radius 3 is 2.83 bits per heavy atom. The second-order valence-electron chi connectivity index (χ2n) is 5.21. The molecule has 0 radical (unpaired) electrons. The average molecular weight is 342 g/mol. The van der Waals surface area contributed by atoms with Crippen molar-refractivity contribution < 1.29 is 4.79 Å². The summed E-state index contributed by atoms with van der Waals surface area (Å²) in [5, 5.41) is 10.0. The van der Waals surface area contributed by atoms with Crippen molar-refractivity contribution >= 4 is 23.3 Å². The van der Waals surface area contributed by atoms with Gasteiger partial charge in [0.1, 0.15) is 0 Å². The Hall–Kier alpha value is -2.86. The average Bonchev–Trinajstić information content (AvgIpc) is 3.11. The van der Waals surface area contributed by atoms with Gasteiger partial charge in [0, 0.05) is 18.6 Å². The Bertz CT molecular complexity index is 835. The number of carbonyl (C=O) groups excluding carboxylic acids is 1. The molecule has 6 nitrogen and oxygen atoms in total. The van der Waals surface area contributed by atoms with Crippen molar-refractivity contribution in [3.63, 3.8) is 0 Å². The third-order valence-electron chi connectivity index (χ3n) is 3.49. The first-order valence-corrected chi connectivity index (χ1v) is 7.79. The molecule has 2 heterocycles. The molecule has 0 bridgehead atoms. The topological polar surface area (TPSA) is 71.8 Å². The van der Waals surface area contributed by atoms with Gasteiger partial charge in [0.15, 0.2) is 5.15 Å². The van der Waals surface area contributed by atoms with Crippen molar-refractivity contribution in [2.75, 3.05) is 5.32 Å². The molecule has 0 saturated heterocycles. The summed E-state index contributed by atoms with van der Waals surface area (Å²) in [5.41, 5.74) is 2.37. The smallest absolute Gasteiger partial charge is 0.319 e. The van der Waals surface area contributed by atoms with Gasteiger partial charge in [-0.2, -0.15) is 5.10 Å². The Kier molecular flexibility index (Phi) is 4.77. The maximum Gasteiger partial charge on any atom is 0.319 e. The van der Waals surface area contributed by atoms with Crippen LogP contribution in [0.4, 0.5) is 10.5 Å². The van der Waals surface area contributed by atoms with Crippen molar-refractivity contribution in [2.24, 2.45) is 0 Å². The molecular weight excluding hydrogens is 326 g/mol. The molecule has 0 spiro atoms. The first-order chi connectivity index (χ1) is 11.6. The van der Waals surface area contributed by atoms with Crippen LogP contribution in [0.15, 0.2) is 61.1 Å². The Balaban J connectivity index is 1.68. The van der Waals surface area contributed by atoms with E-state index in [2.05, 4.69) is 20.7 Å². The van der Waals surface area contributed by atoms with Crippen LogP contribution in [0.25, 0.3) is 5.69 Å². The fourth-order valence-corrected chi connectivity index (χ4v) is 2.44. The van der Waals surface area contributed by atoms with E-state index in [-0.39, 0.29) is 17.2 Å². The van der Waals surface area contributed by atoms with E-state index in [1.165, 1.54) is 0 Å². The quantitative estimate of drug-likeness (QED) is 0.709. The second-order valence-corrected chi connectivity index (χ2v) is 5.57. The first-order valence-electron chi connectivity index (χ1n) is 7.41. The van der Waals surface area contributed by atoms with Crippen molar-refractivity contribution in [1.29, 1.82) is 0 Å². The summed E-state index contributed by atoms with van der Waals surface area (Å²) in [7, 11) is 0. The molecule has 0 unspecified atom stereocenters. The van der Waals surface area contributed by atoms with Gasteiger partial charge in [0.05, 0.1) is 17.4 Å². The Morgan fingerprint density at radius 1 is 1.21 bits per heavy atom. The van der Waals surface area contributed by atoms with Gasteiger partial charge in [-0.05, 0) is 42.8 Å². The molecule has 0 aliphatic carbocycles. The number of pyridine rings is 1. The summed E-state index contributed by atoms with van der Waals surface area (Å²) in [6.07, 6.45) is 5.16. The van der Waals surface area contributed by atoms with E-state index in [1.54, 1.807) is 29.2 Å². The summed E-state index contributed by atoms with van der Waals surface area (Å²) in [6.45, 7) is 1.91. The first kappa shape index (κ1) is 16.0. The van der Waals surface area contributed by atoms with E-state index in [0.29, 0.717) is 5.69 Å². The fraction of sp³-hybridized carbons (Fsp3) is 0.118. The Morgan fingerprint density at radius 2 is 2.08 bits per heavy atom. The molecule has 2 amide bonds. The maximum atomic E-state index is 12.1. The van der Waals surface area contributed by atoms with E-state index in [1.807, 2.05) is 43.5 Å². The standard InChI is InChI=1S/C17H16ClN5O/c1-12(21-17(24)22-15-7-3-8-19-16(15)18)13-5-2-6-14(11-13)23-10-4-9-20-23/h2-12H,1H3,(H2,21,22,24)/t12-/m1/s1. The van der Waals surface area contributed by atoms with Gasteiger partial charge in [0.2, 0.25) is 0 Å². The van der Waals surface area contributed by atoms with E-state index in [9.17, 15) is 4.79 Å². The van der Waals surface area contributed by atoms with Gasteiger partial charge < -0.3 is 10.6 Å². The number of aromatic nitrogens is 3. The van der Waals surface area contributed by atoms with E-state index in [0.717, 1.165) is 11.3 Å². The van der Waals surface area contributed by atoms with Crippen LogP contribution < -0.4 is 10.6 Å². The van der Waals surface area contributed by atoms with Gasteiger partial charge in [0.25, 0.3) is 0 Å². The molecular formula is C17H16ClN5O. The predicted molar refractivity (Wildman–Crippen MR) is 93.4 cm³/mol. The zero-order chi connectivity index (χ0) is 16.9. The van der Waals surface area contributed by atoms with Crippen LogP contribution in [0.3, 0.4) is 0 Å². The van der Waals surface area contributed by atoms with Crippen LogP contribution in [0.1, 0.15) is 18.5 Å². The van der Waals surface area contributed by atoms with Crippen molar-refractivity contribution in [1.82, 2.24) is 20.1 Å². The van der Waals surface area contributed by atoms with E-state index in [4.69, 9.17) is 11.6 Å². The van der Waals surface area contributed by atoms with Gasteiger partial charge in [-0.25, -0.2) is 14.5 Å². The monoisotopic (exact) mass is 341 g/mol. The van der Waals surface area contributed by atoms with Crippen molar-refractivity contribution in [2.45, 2.75) is 13.0 Å². The number of nitrogens with zero attached hydrogens (tertiary/aromatic N) is 3. The lowest BCUT2D eigenvalue weighted by molar-refractivity contribution is 0.249. The molecule has 3 aromatic rings. The van der Waals surface area contributed by atoms with Crippen LogP contribution in [-0.4, -0.2) is 20.8 Å². The minimum absolute atomic E-state index is 0.184. The number of halogens is 1. The third-order valence-corrected chi connectivity index (χ3v) is 3.80. The third kappa shape index (κ3) is 3.72. The number of anilines is 1. The Labute approximate surface area is 144 Å². The molecule has 24 heavy (non-hydrogen) atoms. The van der Waals surface area contributed by atoms with Crippen LogP contribution in [0.2, 0.25) is 5.15 Å². The summed E-state index contributed by atoms with van der Waals surface area (Å²) in [5.74, 6) is 0. The number of urea groups is 1. The normalized spacial score (nSPS) is 11.8. The summed E-state index contributed by atoms with van der Waals surface area (Å²) < 4.78 is 1.77. The molecule has 0 fully saturated rings. The SMILES string of the molecule is C[C@@H](NC(=O)Nc1cccnc1Cl)c1cccc(-n2cccn2)c1. The van der Waals surface area contributed by atoms with Gasteiger partial charge >= 0.3 is 6.03 Å². The lowest BCUT2D eigenvalue weighted by atomic mass is 10.1. The minimum atomic E-state index is -0.345. The number of benzene rings is 1. The lowest BCUT2D eigenvalue weighted by Gasteiger charge is -2.16. The largest absolute Gasteiger partial charge is 0.331 e. The van der Waals surface area contributed by atoms with Crippen molar-refractivity contribution in [3.05, 3.63) is 71.8 Å². The van der Waals surface area contributed by atoms with Gasteiger partial charge in [-0.15, -0.1) is 0 Å².